The van der Waals surface area contributed by atoms with E-state index in [0.717, 1.165) is 25.7 Å². The zero-order valence-corrected chi connectivity index (χ0v) is 12.9. The van der Waals surface area contributed by atoms with Crippen LogP contribution >= 0.6 is 0 Å². The summed E-state index contributed by atoms with van der Waals surface area (Å²) in [5.41, 5.74) is 0.785. The maximum atomic E-state index is 13.2. The molecule has 1 aromatic heterocycles. The maximum absolute atomic E-state index is 13.2. The van der Waals surface area contributed by atoms with Crippen LogP contribution in [0.3, 0.4) is 0 Å². The molecule has 0 unspecified atom stereocenters. The van der Waals surface area contributed by atoms with Gasteiger partial charge in [-0.25, -0.2) is 14.0 Å². The molecular formula is C16H21FN4O2. The second-order valence-corrected chi connectivity index (χ2v) is 5.98. The number of carbonyl (C=O) groups is 1. The SMILES string of the molecule is O=C(NCCn1c(=O)[nH]c2cc(F)ccc21)NC1CCCCC1. The molecule has 2 aromatic rings. The lowest BCUT2D eigenvalue weighted by Crippen LogP contribution is -2.44. The number of amides is 2. The van der Waals surface area contributed by atoms with E-state index in [0.29, 0.717) is 24.1 Å². The van der Waals surface area contributed by atoms with Gasteiger partial charge in [0.05, 0.1) is 11.0 Å². The monoisotopic (exact) mass is 320 g/mol. The van der Waals surface area contributed by atoms with E-state index in [-0.39, 0.29) is 17.8 Å². The minimum Gasteiger partial charge on any atom is -0.336 e. The zero-order chi connectivity index (χ0) is 16.2. The van der Waals surface area contributed by atoms with Crippen molar-refractivity contribution in [2.45, 2.75) is 44.7 Å². The Kier molecular flexibility index (Phi) is 4.64. The molecule has 0 bridgehead atoms. The quantitative estimate of drug-likeness (QED) is 0.806. The molecule has 1 saturated carbocycles. The predicted octanol–water partition coefficient (Wildman–Crippen LogP) is 2.10. The van der Waals surface area contributed by atoms with Gasteiger partial charge in [-0.3, -0.25) is 4.57 Å². The minimum atomic E-state index is -0.393. The molecule has 0 atom stereocenters. The van der Waals surface area contributed by atoms with Crippen molar-refractivity contribution in [3.8, 4) is 0 Å². The van der Waals surface area contributed by atoms with Crippen molar-refractivity contribution in [3.05, 3.63) is 34.5 Å². The van der Waals surface area contributed by atoms with Crippen LogP contribution in [0, 0.1) is 5.82 Å². The lowest BCUT2D eigenvalue weighted by Gasteiger charge is -2.22. The second kappa shape index (κ2) is 6.85. The number of carbonyl (C=O) groups excluding carboxylic acids is 1. The lowest BCUT2D eigenvalue weighted by molar-refractivity contribution is 0.232. The zero-order valence-electron chi connectivity index (χ0n) is 12.9. The standard InChI is InChI=1S/C16H21FN4O2/c17-11-6-7-14-13(10-11)20-16(23)21(14)9-8-18-15(22)19-12-4-2-1-3-5-12/h6-7,10,12H,1-5,8-9H2,(H,20,23)(H2,18,19,22). The van der Waals surface area contributed by atoms with E-state index in [4.69, 9.17) is 0 Å². The molecule has 0 saturated heterocycles. The van der Waals surface area contributed by atoms with Crippen molar-refractivity contribution < 1.29 is 9.18 Å². The molecule has 6 nitrogen and oxygen atoms in total. The number of hydrogen-bond acceptors (Lipinski definition) is 2. The van der Waals surface area contributed by atoms with E-state index >= 15 is 0 Å². The van der Waals surface area contributed by atoms with Gasteiger partial charge in [0.2, 0.25) is 0 Å². The van der Waals surface area contributed by atoms with Gasteiger partial charge in [-0.1, -0.05) is 19.3 Å². The molecule has 0 spiro atoms. The number of hydrogen-bond donors (Lipinski definition) is 3. The summed E-state index contributed by atoms with van der Waals surface area (Å²) >= 11 is 0. The van der Waals surface area contributed by atoms with Gasteiger partial charge in [0.25, 0.3) is 0 Å². The summed E-state index contributed by atoms with van der Waals surface area (Å²) in [5.74, 6) is -0.393. The Balaban J connectivity index is 1.55. The Bertz CT molecular complexity index is 746. The van der Waals surface area contributed by atoms with Crippen LogP contribution in [0.5, 0.6) is 0 Å². The second-order valence-electron chi connectivity index (χ2n) is 5.98. The van der Waals surface area contributed by atoms with Gasteiger partial charge in [0.1, 0.15) is 5.82 Å². The summed E-state index contributed by atoms with van der Waals surface area (Å²) in [5, 5.41) is 5.74. The molecule has 0 aliphatic heterocycles. The Hall–Kier alpha value is -2.31. The number of nitrogens with one attached hydrogen (secondary N) is 3. The average Bonchev–Trinajstić information content (AvgIpc) is 2.83. The fourth-order valence-corrected chi connectivity index (χ4v) is 3.12. The first-order valence-corrected chi connectivity index (χ1v) is 8.06. The third-order valence-corrected chi connectivity index (χ3v) is 4.30. The highest BCUT2D eigenvalue weighted by molar-refractivity contribution is 5.75. The van der Waals surface area contributed by atoms with Crippen molar-refractivity contribution >= 4 is 17.1 Å². The van der Waals surface area contributed by atoms with Gasteiger partial charge in [-0.2, -0.15) is 0 Å². The van der Waals surface area contributed by atoms with E-state index in [1.165, 1.54) is 23.1 Å². The Morgan fingerprint density at radius 2 is 2.09 bits per heavy atom. The van der Waals surface area contributed by atoms with Gasteiger partial charge in [-0.15, -0.1) is 0 Å². The molecule has 1 aromatic carbocycles. The number of urea groups is 1. The first kappa shape index (κ1) is 15.6. The summed E-state index contributed by atoms with van der Waals surface area (Å²) in [6, 6.07) is 4.22. The molecule has 2 amide bonds. The molecule has 1 heterocycles. The fourth-order valence-electron chi connectivity index (χ4n) is 3.12. The molecule has 23 heavy (non-hydrogen) atoms. The Morgan fingerprint density at radius 1 is 1.30 bits per heavy atom. The van der Waals surface area contributed by atoms with Crippen LogP contribution in [-0.2, 0) is 6.54 Å². The van der Waals surface area contributed by atoms with Gasteiger partial charge >= 0.3 is 11.7 Å². The Morgan fingerprint density at radius 3 is 2.87 bits per heavy atom. The third kappa shape index (κ3) is 3.72. The summed E-state index contributed by atoms with van der Waals surface area (Å²) in [6.07, 6.45) is 5.62. The number of halogens is 1. The van der Waals surface area contributed by atoms with E-state index < -0.39 is 5.82 Å². The predicted molar refractivity (Wildman–Crippen MR) is 85.9 cm³/mol. The lowest BCUT2D eigenvalue weighted by atomic mass is 9.96. The summed E-state index contributed by atoms with van der Waals surface area (Å²) in [4.78, 5) is 26.4. The van der Waals surface area contributed by atoms with Crippen molar-refractivity contribution in [2.24, 2.45) is 0 Å². The van der Waals surface area contributed by atoms with Gasteiger partial charge in [0, 0.05) is 19.1 Å². The number of fused-ring (bicyclic) bond motifs is 1. The maximum Gasteiger partial charge on any atom is 0.326 e. The van der Waals surface area contributed by atoms with Crippen LogP contribution < -0.4 is 16.3 Å². The van der Waals surface area contributed by atoms with Crippen LogP contribution in [0.15, 0.2) is 23.0 Å². The highest BCUT2D eigenvalue weighted by atomic mass is 19.1. The highest BCUT2D eigenvalue weighted by Crippen LogP contribution is 2.17. The van der Waals surface area contributed by atoms with E-state index in [2.05, 4.69) is 15.6 Å². The smallest absolute Gasteiger partial charge is 0.326 e. The van der Waals surface area contributed by atoms with Crippen LogP contribution in [-0.4, -0.2) is 28.2 Å². The normalized spacial score (nSPS) is 15.7. The summed E-state index contributed by atoms with van der Waals surface area (Å²) in [6.45, 7) is 0.672. The molecule has 1 fully saturated rings. The fraction of sp³-hybridized carbons (Fsp3) is 0.500. The number of nitrogens with zero attached hydrogens (tertiary/aromatic N) is 1. The van der Waals surface area contributed by atoms with E-state index in [1.807, 2.05) is 0 Å². The highest BCUT2D eigenvalue weighted by Gasteiger charge is 2.15. The first-order valence-electron chi connectivity index (χ1n) is 8.06. The molecule has 1 aliphatic rings. The van der Waals surface area contributed by atoms with E-state index in [1.54, 1.807) is 6.07 Å². The molecule has 124 valence electrons. The van der Waals surface area contributed by atoms with Gasteiger partial charge < -0.3 is 15.6 Å². The van der Waals surface area contributed by atoms with Crippen molar-refractivity contribution in [2.75, 3.05) is 6.54 Å². The summed E-state index contributed by atoms with van der Waals surface area (Å²) < 4.78 is 14.7. The van der Waals surface area contributed by atoms with Crippen molar-refractivity contribution in [1.82, 2.24) is 20.2 Å². The average molecular weight is 320 g/mol. The Labute approximate surface area is 133 Å². The molecule has 3 rings (SSSR count). The van der Waals surface area contributed by atoms with Crippen LogP contribution in [0.25, 0.3) is 11.0 Å². The number of aromatic amines is 1. The summed E-state index contributed by atoms with van der Waals surface area (Å²) in [7, 11) is 0. The number of rotatable bonds is 4. The number of aromatic nitrogens is 2. The number of H-pyrrole nitrogens is 1. The number of benzene rings is 1. The minimum absolute atomic E-state index is 0.198. The largest absolute Gasteiger partial charge is 0.336 e. The molecule has 3 N–H and O–H groups in total. The first-order chi connectivity index (χ1) is 11.1. The molecule has 1 aliphatic carbocycles. The number of imidazole rings is 1. The van der Waals surface area contributed by atoms with Crippen LogP contribution in [0.1, 0.15) is 32.1 Å². The van der Waals surface area contributed by atoms with Gasteiger partial charge in [-0.05, 0) is 31.0 Å². The van der Waals surface area contributed by atoms with Crippen LogP contribution in [0.2, 0.25) is 0 Å². The van der Waals surface area contributed by atoms with Crippen molar-refractivity contribution in [3.63, 3.8) is 0 Å². The van der Waals surface area contributed by atoms with Gasteiger partial charge in [0.15, 0.2) is 0 Å². The van der Waals surface area contributed by atoms with Crippen LogP contribution in [0.4, 0.5) is 9.18 Å². The molecule has 0 radical (unpaired) electrons. The molecular weight excluding hydrogens is 299 g/mol. The third-order valence-electron chi connectivity index (χ3n) is 4.30. The van der Waals surface area contributed by atoms with E-state index in [9.17, 15) is 14.0 Å². The topological polar surface area (TPSA) is 78.9 Å². The van der Waals surface area contributed by atoms with Crippen molar-refractivity contribution in [1.29, 1.82) is 0 Å². The molecule has 7 heteroatoms.